The van der Waals surface area contributed by atoms with Crippen LogP contribution in [0.1, 0.15) is 79.6 Å². The SMILES string of the molecule is CC(C)C1CCC(CCCC(=O)C(C)(C)C)CC1. The molecule has 1 aliphatic carbocycles. The molecule has 1 fully saturated rings. The maximum absolute atomic E-state index is 11.8. The van der Waals surface area contributed by atoms with E-state index in [0.29, 0.717) is 5.78 Å². The van der Waals surface area contributed by atoms with Gasteiger partial charge in [-0.25, -0.2) is 0 Å². The topological polar surface area (TPSA) is 17.1 Å². The Hall–Kier alpha value is -0.330. The van der Waals surface area contributed by atoms with Gasteiger partial charge in [-0.15, -0.1) is 0 Å². The number of rotatable bonds is 5. The average molecular weight is 252 g/mol. The van der Waals surface area contributed by atoms with Crippen LogP contribution in [0.5, 0.6) is 0 Å². The normalized spacial score (nSPS) is 25.4. The van der Waals surface area contributed by atoms with E-state index < -0.39 is 0 Å². The minimum atomic E-state index is -0.144. The Kier molecular flexibility index (Phi) is 5.88. The van der Waals surface area contributed by atoms with Gasteiger partial charge in [0.2, 0.25) is 0 Å². The van der Waals surface area contributed by atoms with Crippen molar-refractivity contribution in [3.8, 4) is 0 Å². The van der Waals surface area contributed by atoms with Crippen molar-refractivity contribution in [2.45, 2.75) is 79.6 Å². The summed E-state index contributed by atoms with van der Waals surface area (Å²) < 4.78 is 0. The van der Waals surface area contributed by atoms with E-state index in [-0.39, 0.29) is 5.41 Å². The summed E-state index contributed by atoms with van der Waals surface area (Å²) in [6.45, 7) is 10.8. The van der Waals surface area contributed by atoms with E-state index in [1.807, 2.05) is 20.8 Å². The van der Waals surface area contributed by atoms with Gasteiger partial charge in [-0.3, -0.25) is 4.79 Å². The van der Waals surface area contributed by atoms with Crippen LogP contribution in [-0.2, 0) is 4.79 Å². The highest BCUT2D eigenvalue weighted by Crippen LogP contribution is 2.35. The molecule has 0 saturated heterocycles. The number of hydrogen-bond donors (Lipinski definition) is 0. The van der Waals surface area contributed by atoms with Crippen molar-refractivity contribution in [2.75, 3.05) is 0 Å². The Bertz CT molecular complexity index is 251. The van der Waals surface area contributed by atoms with Crippen LogP contribution in [-0.4, -0.2) is 5.78 Å². The summed E-state index contributed by atoms with van der Waals surface area (Å²) in [7, 11) is 0. The minimum absolute atomic E-state index is 0.144. The maximum atomic E-state index is 11.8. The van der Waals surface area contributed by atoms with Gasteiger partial charge in [-0.05, 0) is 37.0 Å². The van der Waals surface area contributed by atoms with E-state index in [0.717, 1.165) is 30.6 Å². The Morgan fingerprint density at radius 2 is 1.67 bits per heavy atom. The zero-order chi connectivity index (χ0) is 13.8. The fourth-order valence-electron chi connectivity index (χ4n) is 3.07. The van der Waals surface area contributed by atoms with Crippen molar-refractivity contribution in [1.29, 1.82) is 0 Å². The highest BCUT2D eigenvalue weighted by Gasteiger charge is 2.24. The van der Waals surface area contributed by atoms with Crippen LogP contribution < -0.4 is 0 Å². The van der Waals surface area contributed by atoms with Gasteiger partial charge >= 0.3 is 0 Å². The molecule has 0 aromatic heterocycles. The Labute approximate surface area is 114 Å². The van der Waals surface area contributed by atoms with Gasteiger partial charge in [-0.2, -0.15) is 0 Å². The van der Waals surface area contributed by atoms with Crippen molar-refractivity contribution in [2.24, 2.45) is 23.2 Å². The predicted molar refractivity (Wildman–Crippen MR) is 78.6 cm³/mol. The van der Waals surface area contributed by atoms with Gasteiger partial charge < -0.3 is 0 Å². The lowest BCUT2D eigenvalue weighted by molar-refractivity contribution is -0.126. The van der Waals surface area contributed by atoms with Crippen LogP contribution in [0.25, 0.3) is 0 Å². The lowest BCUT2D eigenvalue weighted by Gasteiger charge is -2.31. The Balaban J connectivity index is 2.17. The standard InChI is InChI=1S/C17H32O/c1-13(2)15-11-9-14(10-12-15)7-6-8-16(18)17(3,4)5/h13-15H,6-12H2,1-5H3. The summed E-state index contributed by atoms with van der Waals surface area (Å²) in [6, 6.07) is 0. The molecule has 0 radical (unpaired) electrons. The van der Waals surface area contributed by atoms with Crippen molar-refractivity contribution >= 4 is 5.78 Å². The van der Waals surface area contributed by atoms with Crippen molar-refractivity contribution in [3.05, 3.63) is 0 Å². The van der Waals surface area contributed by atoms with E-state index in [1.54, 1.807) is 0 Å². The monoisotopic (exact) mass is 252 g/mol. The number of Topliss-reactive ketones (excluding diaryl/α,β-unsaturated/α-hetero) is 1. The summed E-state index contributed by atoms with van der Waals surface area (Å²) in [4.78, 5) is 11.8. The average Bonchev–Trinajstić information content (AvgIpc) is 2.28. The minimum Gasteiger partial charge on any atom is -0.299 e. The molecule has 1 aliphatic rings. The molecule has 18 heavy (non-hydrogen) atoms. The summed E-state index contributed by atoms with van der Waals surface area (Å²) in [5.41, 5.74) is -0.144. The van der Waals surface area contributed by atoms with Crippen LogP contribution >= 0.6 is 0 Å². The van der Waals surface area contributed by atoms with Crippen LogP contribution in [0.15, 0.2) is 0 Å². The quantitative estimate of drug-likeness (QED) is 0.654. The Morgan fingerprint density at radius 3 is 2.11 bits per heavy atom. The van der Waals surface area contributed by atoms with Gasteiger partial charge in [-0.1, -0.05) is 53.9 Å². The summed E-state index contributed by atoms with van der Waals surface area (Å²) >= 11 is 0. The first kappa shape index (κ1) is 15.7. The number of carbonyl (C=O) groups excluding carboxylic acids is 1. The van der Waals surface area contributed by atoms with Crippen molar-refractivity contribution in [1.82, 2.24) is 0 Å². The van der Waals surface area contributed by atoms with Gasteiger partial charge in [0.15, 0.2) is 0 Å². The summed E-state index contributed by atoms with van der Waals surface area (Å²) in [5, 5.41) is 0. The number of hydrogen-bond acceptors (Lipinski definition) is 1. The zero-order valence-corrected chi connectivity index (χ0v) is 13.1. The number of ketones is 1. The molecule has 0 atom stereocenters. The van der Waals surface area contributed by atoms with E-state index in [9.17, 15) is 4.79 Å². The van der Waals surface area contributed by atoms with E-state index in [4.69, 9.17) is 0 Å². The molecule has 0 amide bonds. The maximum Gasteiger partial charge on any atom is 0.138 e. The molecule has 0 aliphatic heterocycles. The molecule has 0 unspecified atom stereocenters. The van der Waals surface area contributed by atoms with Gasteiger partial charge in [0.25, 0.3) is 0 Å². The van der Waals surface area contributed by atoms with Gasteiger partial charge in [0.1, 0.15) is 5.78 Å². The zero-order valence-electron chi connectivity index (χ0n) is 13.1. The molecule has 0 bridgehead atoms. The molecule has 1 heteroatoms. The molecule has 106 valence electrons. The van der Waals surface area contributed by atoms with Crippen LogP contribution in [0.4, 0.5) is 0 Å². The first-order chi connectivity index (χ1) is 8.30. The second-order valence-electron chi connectivity index (χ2n) is 7.59. The third kappa shape index (κ3) is 5.12. The van der Waals surface area contributed by atoms with Crippen LogP contribution in [0.2, 0.25) is 0 Å². The fourth-order valence-corrected chi connectivity index (χ4v) is 3.07. The van der Waals surface area contributed by atoms with E-state index in [2.05, 4.69) is 13.8 Å². The molecule has 0 N–H and O–H groups in total. The smallest absolute Gasteiger partial charge is 0.138 e. The Morgan fingerprint density at radius 1 is 1.11 bits per heavy atom. The molecule has 1 saturated carbocycles. The van der Waals surface area contributed by atoms with Crippen LogP contribution in [0.3, 0.4) is 0 Å². The highest BCUT2D eigenvalue weighted by molar-refractivity contribution is 5.83. The molecule has 1 nitrogen and oxygen atoms in total. The van der Waals surface area contributed by atoms with Crippen molar-refractivity contribution < 1.29 is 4.79 Å². The van der Waals surface area contributed by atoms with E-state index >= 15 is 0 Å². The van der Waals surface area contributed by atoms with Crippen LogP contribution in [0, 0.1) is 23.2 Å². The molecule has 0 heterocycles. The predicted octanol–water partition coefficient (Wildman–Crippen LogP) is 5.23. The first-order valence-corrected chi connectivity index (χ1v) is 7.84. The molecule has 0 spiro atoms. The largest absolute Gasteiger partial charge is 0.299 e. The van der Waals surface area contributed by atoms with Gasteiger partial charge in [0.05, 0.1) is 0 Å². The highest BCUT2D eigenvalue weighted by atomic mass is 16.1. The fraction of sp³-hybridized carbons (Fsp3) is 0.941. The second kappa shape index (κ2) is 6.73. The third-order valence-electron chi connectivity index (χ3n) is 4.69. The first-order valence-electron chi connectivity index (χ1n) is 7.84. The summed E-state index contributed by atoms with van der Waals surface area (Å²) in [6.07, 6.45) is 8.78. The third-order valence-corrected chi connectivity index (χ3v) is 4.69. The van der Waals surface area contributed by atoms with Gasteiger partial charge in [0, 0.05) is 11.8 Å². The second-order valence-corrected chi connectivity index (χ2v) is 7.59. The van der Waals surface area contributed by atoms with E-state index in [1.165, 1.54) is 32.1 Å². The lowest BCUT2D eigenvalue weighted by Crippen LogP contribution is -2.21. The molecule has 0 aromatic rings. The van der Waals surface area contributed by atoms with Crippen molar-refractivity contribution in [3.63, 3.8) is 0 Å². The molecular weight excluding hydrogens is 220 g/mol. The molecule has 0 aromatic carbocycles. The summed E-state index contributed by atoms with van der Waals surface area (Å²) in [5.74, 6) is 3.14. The molecular formula is C17H32O. The molecule has 1 rings (SSSR count). The number of carbonyl (C=O) groups is 1. The lowest BCUT2D eigenvalue weighted by atomic mass is 9.75.